The summed E-state index contributed by atoms with van der Waals surface area (Å²) in [5.74, 6) is -0.00542. The van der Waals surface area contributed by atoms with Crippen molar-refractivity contribution in [3.63, 3.8) is 0 Å². The number of carbonyl (C=O) groups excluding carboxylic acids is 2. The van der Waals surface area contributed by atoms with Crippen LogP contribution in [-0.4, -0.2) is 25.6 Å². The number of aryl methyl sites for hydroxylation is 2. The third-order valence-electron chi connectivity index (χ3n) is 5.45. The first-order valence-corrected chi connectivity index (χ1v) is 10.1. The minimum Gasteiger partial charge on any atom is -0.484 e. The van der Waals surface area contributed by atoms with Gasteiger partial charge in [-0.25, -0.2) is 4.79 Å². The van der Waals surface area contributed by atoms with Crippen LogP contribution < -0.4 is 10.1 Å². The maximum absolute atomic E-state index is 12.5. The minimum atomic E-state index is -0.405. The first kappa shape index (κ1) is 22.1. The highest BCUT2D eigenvalue weighted by atomic mass is 16.5. The van der Waals surface area contributed by atoms with E-state index in [0.29, 0.717) is 5.75 Å². The van der Waals surface area contributed by atoms with Gasteiger partial charge >= 0.3 is 5.97 Å². The largest absolute Gasteiger partial charge is 0.484 e. The van der Waals surface area contributed by atoms with E-state index in [-0.39, 0.29) is 12.5 Å². The fourth-order valence-corrected chi connectivity index (χ4v) is 3.40. The van der Waals surface area contributed by atoms with Crippen LogP contribution in [0.2, 0.25) is 0 Å². The number of benzene rings is 3. The molecule has 0 aliphatic heterocycles. The maximum atomic E-state index is 12.5. The van der Waals surface area contributed by atoms with Crippen molar-refractivity contribution in [1.29, 1.82) is 0 Å². The molecule has 0 fully saturated rings. The Hall–Kier alpha value is -3.60. The van der Waals surface area contributed by atoms with Crippen molar-refractivity contribution in [3.05, 3.63) is 76.4 Å². The number of ether oxygens (including phenoxy) is 2. The van der Waals surface area contributed by atoms with Gasteiger partial charge in [0.1, 0.15) is 5.75 Å². The third kappa shape index (κ3) is 5.31. The van der Waals surface area contributed by atoms with Gasteiger partial charge in [-0.1, -0.05) is 24.3 Å². The number of nitrogens with one attached hydrogen (secondary N) is 1. The second-order valence-electron chi connectivity index (χ2n) is 7.60. The molecule has 0 unspecified atom stereocenters. The van der Waals surface area contributed by atoms with Crippen LogP contribution in [0.3, 0.4) is 0 Å². The summed E-state index contributed by atoms with van der Waals surface area (Å²) in [6.07, 6.45) is 3.07. The molecule has 31 heavy (non-hydrogen) atoms. The van der Waals surface area contributed by atoms with Crippen molar-refractivity contribution < 1.29 is 19.1 Å². The number of carbonyl (C=O) groups is 2. The van der Waals surface area contributed by atoms with E-state index in [9.17, 15) is 9.59 Å². The quantitative estimate of drug-likeness (QED) is 0.438. The van der Waals surface area contributed by atoms with Gasteiger partial charge in [0.25, 0.3) is 5.91 Å². The molecule has 0 bridgehead atoms. The molecule has 1 N–H and O–H groups in total. The minimum absolute atomic E-state index is 0.0840. The Kier molecular flexibility index (Phi) is 6.75. The number of hydrogen-bond acceptors (Lipinski definition) is 4. The van der Waals surface area contributed by atoms with Crippen molar-refractivity contribution in [2.75, 3.05) is 19.0 Å². The van der Waals surface area contributed by atoms with Crippen LogP contribution in [-0.2, 0) is 14.3 Å². The molecule has 5 heteroatoms. The fourth-order valence-electron chi connectivity index (χ4n) is 3.40. The van der Waals surface area contributed by atoms with Crippen LogP contribution >= 0.6 is 0 Å². The van der Waals surface area contributed by atoms with Crippen molar-refractivity contribution in [2.45, 2.75) is 27.7 Å². The molecule has 3 aromatic rings. The SMILES string of the molecule is COC(=O)/C=C/c1ccc2ccc(OCC(=O)Nc3c(C)c(C)cc(C)c3C)cc2c1. The number of amides is 1. The average molecular weight is 418 g/mol. The molecule has 5 nitrogen and oxygen atoms in total. The average Bonchev–Trinajstić information content (AvgIpc) is 2.77. The normalized spacial score (nSPS) is 11.0. The Morgan fingerprint density at radius 2 is 1.58 bits per heavy atom. The first-order valence-electron chi connectivity index (χ1n) is 10.1. The van der Waals surface area contributed by atoms with Crippen LogP contribution in [0.5, 0.6) is 5.75 Å². The molecule has 0 radical (unpaired) electrons. The van der Waals surface area contributed by atoms with Crippen LogP contribution in [0.15, 0.2) is 48.5 Å². The van der Waals surface area contributed by atoms with Gasteiger partial charge in [-0.15, -0.1) is 0 Å². The lowest BCUT2D eigenvalue weighted by Crippen LogP contribution is -2.21. The Balaban J connectivity index is 1.71. The smallest absolute Gasteiger partial charge is 0.330 e. The van der Waals surface area contributed by atoms with Gasteiger partial charge in [0, 0.05) is 11.8 Å². The molecule has 3 rings (SSSR count). The second-order valence-corrected chi connectivity index (χ2v) is 7.60. The molecule has 0 aliphatic rings. The van der Waals surface area contributed by atoms with Crippen LogP contribution in [0.4, 0.5) is 5.69 Å². The predicted octanol–water partition coefficient (Wildman–Crippen LogP) is 5.28. The summed E-state index contributed by atoms with van der Waals surface area (Å²) in [7, 11) is 1.34. The van der Waals surface area contributed by atoms with E-state index in [1.807, 2.05) is 64.1 Å². The summed E-state index contributed by atoms with van der Waals surface area (Å²) in [5.41, 5.74) is 6.14. The van der Waals surface area contributed by atoms with E-state index >= 15 is 0 Å². The zero-order chi connectivity index (χ0) is 22.5. The zero-order valence-electron chi connectivity index (χ0n) is 18.5. The fraction of sp³-hybridized carbons (Fsp3) is 0.231. The lowest BCUT2D eigenvalue weighted by molar-refractivity contribution is -0.134. The Bertz CT molecular complexity index is 1150. The molecular formula is C26H27NO4. The predicted molar refractivity (Wildman–Crippen MR) is 125 cm³/mol. The highest BCUT2D eigenvalue weighted by Gasteiger charge is 2.12. The Morgan fingerprint density at radius 1 is 0.903 bits per heavy atom. The number of anilines is 1. The summed E-state index contributed by atoms with van der Waals surface area (Å²) in [4.78, 5) is 23.8. The molecule has 160 valence electrons. The third-order valence-corrected chi connectivity index (χ3v) is 5.45. The Labute approximate surface area is 182 Å². The second kappa shape index (κ2) is 9.47. The molecule has 0 heterocycles. The molecule has 1 amide bonds. The van der Waals surface area contributed by atoms with E-state index < -0.39 is 5.97 Å². The molecule has 0 saturated carbocycles. The van der Waals surface area contributed by atoms with Gasteiger partial charge in [-0.05, 0) is 90.6 Å². The van der Waals surface area contributed by atoms with Gasteiger partial charge in [-0.2, -0.15) is 0 Å². The molecule has 0 spiro atoms. The summed E-state index contributed by atoms with van der Waals surface area (Å²) >= 11 is 0. The van der Waals surface area contributed by atoms with Gasteiger partial charge in [-0.3, -0.25) is 4.79 Å². The number of esters is 1. The summed E-state index contributed by atoms with van der Waals surface area (Å²) < 4.78 is 10.4. The molecule has 0 saturated heterocycles. The van der Waals surface area contributed by atoms with Crippen LogP contribution in [0, 0.1) is 27.7 Å². The number of hydrogen-bond donors (Lipinski definition) is 1. The van der Waals surface area contributed by atoms with E-state index in [1.54, 1.807) is 6.08 Å². The van der Waals surface area contributed by atoms with Crippen LogP contribution in [0.1, 0.15) is 27.8 Å². The lowest BCUT2D eigenvalue weighted by atomic mass is 9.99. The van der Waals surface area contributed by atoms with E-state index in [4.69, 9.17) is 4.74 Å². The standard InChI is InChI=1S/C26H27NO4/c1-16-12-17(2)19(4)26(18(16)3)27-24(28)15-31-23-10-9-21-8-6-20(13-22(21)14-23)7-11-25(29)30-5/h6-14H,15H2,1-5H3,(H,27,28)/b11-7+. The molecule has 3 aromatic carbocycles. The number of fused-ring (bicyclic) bond motifs is 1. The summed E-state index contributed by atoms with van der Waals surface area (Å²) in [5, 5.41) is 4.98. The van der Waals surface area contributed by atoms with E-state index in [0.717, 1.165) is 44.3 Å². The highest BCUT2D eigenvalue weighted by molar-refractivity contribution is 5.94. The van der Waals surface area contributed by atoms with Gasteiger partial charge < -0.3 is 14.8 Å². The lowest BCUT2D eigenvalue weighted by Gasteiger charge is -2.16. The first-order chi connectivity index (χ1) is 14.8. The monoisotopic (exact) mass is 417 g/mol. The highest BCUT2D eigenvalue weighted by Crippen LogP contribution is 2.27. The van der Waals surface area contributed by atoms with E-state index in [1.165, 1.54) is 13.2 Å². The maximum Gasteiger partial charge on any atom is 0.330 e. The molecule has 0 aromatic heterocycles. The summed E-state index contributed by atoms with van der Waals surface area (Å²) in [6.45, 7) is 8.01. The zero-order valence-corrected chi connectivity index (χ0v) is 18.5. The van der Waals surface area contributed by atoms with Crippen molar-refractivity contribution in [3.8, 4) is 5.75 Å². The molecule has 0 atom stereocenters. The van der Waals surface area contributed by atoms with Gasteiger partial charge in [0.05, 0.1) is 7.11 Å². The van der Waals surface area contributed by atoms with Crippen molar-refractivity contribution >= 4 is 34.4 Å². The van der Waals surface area contributed by atoms with E-state index in [2.05, 4.69) is 16.1 Å². The number of rotatable bonds is 6. The van der Waals surface area contributed by atoms with Gasteiger partial charge in [0.2, 0.25) is 0 Å². The van der Waals surface area contributed by atoms with Crippen LogP contribution in [0.25, 0.3) is 16.8 Å². The van der Waals surface area contributed by atoms with Crippen molar-refractivity contribution in [2.24, 2.45) is 0 Å². The number of methoxy groups -OCH3 is 1. The van der Waals surface area contributed by atoms with Gasteiger partial charge in [0.15, 0.2) is 6.61 Å². The van der Waals surface area contributed by atoms with Crippen molar-refractivity contribution in [1.82, 2.24) is 0 Å². The summed E-state index contributed by atoms with van der Waals surface area (Å²) in [6, 6.07) is 13.6. The molecule has 0 aliphatic carbocycles. The topological polar surface area (TPSA) is 64.6 Å². The molecular weight excluding hydrogens is 390 g/mol. The Morgan fingerprint density at radius 3 is 2.26 bits per heavy atom.